The lowest BCUT2D eigenvalue weighted by Crippen LogP contribution is -2.52. The fourth-order valence-electron chi connectivity index (χ4n) is 2.04. The smallest absolute Gasteiger partial charge is 0.246 e. The number of halogens is 2. The summed E-state index contributed by atoms with van der Waals surface area (Å²) in [5.41, 5.74) is 0. The van der Waals surface area contributed by atoms with E-state index in [1.165, 1.54) is 0 Å². The van der Waals surface area contributed by atoms with Crippen molar-refractivity contribution in [1.29, 1.82) is 0 Å². The van der Waals surface area contributed by atoms with E-state index in [0.717, 1.165) is 16.4 Å². The van der Waals surface area contributed by atoms with E-state index in [2.05, 4.69) is 0 Å². The van der Waals surface area contributed by atoms with Gasteiger partial charge in [0.1, 0.15) is 16.5 Å². The molecule has 1 N–H and O–H groups in total. The third-order valence-corrected chi connectivity index (χ3v) is 5.13. The van der Waals surface area contributed by atoms with Crippen LogP contribution in [0.3, 0.4) is 0 Å². The molecule has 5 nitrogen and oxygen atoms in total. The van der Waals surface area contributed by atoms with E-state index < -0.39 is 38.7 Å². The number of aliphatic hydroxyl groups is 1. The zero-order chi connectivity index (χ0) is 14.9. The van der Waals surface area contributed by atoms with Crippen LogP contribution in [0.5, 0.6) is 0 Å². The van der Waals surface area contributed by atoms with Crippen LogP contribution >= 0.6 is 0 Å². The van der Waals surface area contributed by atoms with E-state index in [0.29, 0.717) is 6.07 Å². The fourth-order valence-corrected chi connectivity index (χ4v) is 3.76. The van der Waals surface area contributed by atoms with Gasteiger partial charge in [0.2, 0.25) is 10.0 Å². The summed E-state index contributed by atoms with van der Waals surface area (Å²) in [7, 11) is -4.18. The number of rotatable bonds is 3. The zero-order valence-electron chi connectivity index (χ0n) is 10.8. The third kappa shape index (κ3) is 2.83. The highest BCUT2D eigenvalue weighted by molar-refractivity contribution is 7.89. The molecule has 1 aromatic rings. The SMILES string of the molecule is CC1COC(CO)CN1S(=O)(=O)c1cc(F)ccc1F. The lowest BCUT2D eigenvalue weighted by molar-refractivity contribution is -0.0516. The largest absolute Gasteiger partial charge is 0.394 e. The van der Waals surface area contributed by atoms with Crippen molar-refractivity contribution >= 4 is 10.0 Å². The second kappa shape index (κ2) is 5.72. The Morgan fingerprint density at radius 3 is 2.80 bits per heavy atom. The minimum absolute atomic E-state index is 0.0847. The molecule has 2 rings (SSSR count). The molecule has 2 unspecified atom stereocenters. The molecule has 0 spiro atoms. The first-order valence-electron chi connectivity index (χ1n) is 6.05. The van der Waals surface area contributed by atoms with Gasteiger partial charge >= 0.3 is 0 Å². The molecule has 112 valence electrons. The van der Waals surface area contributed by atoms with Crippen LogP contribution in [0.15, 0.2) is 23.1 Å². The average molecular weight is 307 g/mol. The summed E-state index contributed by atoms with van der Waals surface area (Å²) >= 11 is 0. The molecular formula is C12H15F2NO4S. The Hall–Kier alpha value is -1.09. The monoisotopic (exact) mass is 307 g/mol. The quantitative estimate of drug-likeness (QED) is 0.894. The molecule has 0 bridgehead atoms. The van der Waals surface area contributed by atoms with Crippen molar-refractivity contribution in [2.24, 2.45) is 0 Å². The molecule has 1 aliphatic heterocycles. The van der Waals surface area contributed by atoms with Gasteiger partial charge in [0, 0.05) is 12.6 Å². The number of nitrogens with zero attached hydrogens (tertiary/aromatic N) is 1. The molecule has 2 atom stereocenters. The first kappa shape index (κ1) is 15.3. The average Bonchev–Trinajstić information content (AvgIpc) is 2.41. The molecule has 0 amide bonds. The Bertz CT molecular complexity index is 593. The van der Waals surface area contributed by atoms with Crippen LogP contribution in [0, 0.1) is 11.6 Å². The maximum atomic E-state index is 13.7. The van der Waals surface area contributed by atoms with E-state index >= 15 is 0 Å². The number of morpholine rings is 1. The van der Waals surface area contributed by atoms with Gasteiger partial charge in [-0.25, -0.2) is 17.2 Å². The minimum Gasteiger partial charge on any atom is -0.394 e. The van der Waals surface area contributed by atoms with Crippen LogP contribution in [-0.2, 0) is 14.8 Å². The molecule has 0 saturated carbocycles. The van der Waals surface area contributed by atoms with E-state index in [4.69, 9.17) is 9.84 Å². The summed E-state index contributed by atoms with van der Waals surface area (Å²) < 4.78 is 57.9. The van der Waals surface area contributed by atoms with Crippen LogP contribution < -0.4 is 0 Å². The second-order valence-corrected chi connectivity index (χ2v) is 6.50. The van der Waals surface area contributed by atoms with Crippen LogP contribution in [0.4, 0.5) is 8.78 Å². The van der Waals surface area contributed by atoms with Crippen molar-refractivity contribution in [3.05, 3.63) is 29.8 Å². The summed E-state index contributed by atoms with van der Waals surface area (Å²) in [6, 6.07) is 1.76. The van der Waals surface area contributed by atoms with Crippen LogP contribution in [0.1, 0.15) is 6.92 Å². The number of benzene rings is 1. The van der Waals surface area contributed by atoms with Gasteiger partial charge in [-0.1, -0.05) is 0 Å². The first-order chi connectivity index (χ1) is 9.36. The fraction of sp³-hybridized carbons (Fsp3) is 0.500. The number of hydrogen-bond acceptors (Lipinski definition) is 4. The van der Waals surface area contributed by atoms with E-state index in [9.17, 15) is 17.2 Å². The first-order valence-corrected chi connectivity index (χ1v) is 7.49. The maximum Gasteiger partial charge on any atom is 0.246 e. The number of aliphatic hydroxyl groups excluding tert-OH is 1. The van der Waals surface area contributed by atoms with E-state index in [1.807, 2.05) is 0 Å². The van der Waals surface area contributed by atoms with Gasteiger partial charge in [-0.2, -0.15) is 4.31 Å². The molecule has 1 fully saturated rings. The standard InChI is InChI=1S/C12H15F2NO4S/c1-8-7-19-10(6-16)5-15(8)20(17,18)12-4-9(13)2-3-11(12)14/h2-4,8,10,16H,5-7H2,1H3. The molecule has 0 radical (unpaired) electrons. The predicted octanol–water partition coefficient (Wildman–Crippen LogP) is 0.735. The summed E-state index contributed by atoms with van der Waals surface area (Å²) in [6.07, 6.45) is -0.669. The Kier molecular flexibility index (Phi) is 4.38. The molecule has 1 aromatic carbocycles. The van der Waals surface area contributed by atoms with Crippen molar-refractivity contribution in [2.45, 2.75) is 24.0 Å². The van der Waals surface area contributed by atoms with Crippen molar-refractivity contribution in [1.82, 2.24) is 4.31 Å². The van der Waals surface area contributed by atoms with Crippen LogP contribution in [-0.4, -0.2) is 49.7 Å². The molecule has 1 aliphatic rings. The number of ether oxygens (including phenoxy) is 1. The van der Waals surface area contributed by atoms with Crippen LogP contribution in [0.25, 0.3) is 0 Å². The highest BCUT2D eigenvalue weighted by Gasteiger charge is 2.36. The van der Waals surface area contributed by atoms with E-state index in [-0.39, 0.29) is 19.8 Å². The lowest BCUT2D eigenvalue weighted by atomic mass is 10.2. The maximum absolute atomic E-state index is 13.7. The van der Waals surface area contributed by atoms with Gasteiger partial charge in [-0.15, -0.1) is 0 Å². The molecule has 1 saturated heterocycles. The second-order valence-electron chi connectivity index (χ2n) is 4.64. The van der Waals surface area contributed by atoms with Gasteiger partial charge in [-0.3, -0.25) is 0 Å². The Balaban J connectivity index is 2.40. The van der Waals surface area contributed by atoms with Gasteiger partial charge in [0.25, 0.3) is 0 Å². The van der Waals surface area contributed by atoms with Crippen molar-refractivity contribution in [3.63, 3.8) is 0 Å². The normalized spacial score (nSPS) is 24.8. The Morgan fingerprint density at radius 2 is 2.15 bits per heavy atom. The van der Waals surface area contributed by atoms with Gasteiger partial charge in [0.05, 0.1) is 19.3 Å². The summed E-state index contributed by atoms with van der Waals surface area (Å²) in [5, 5.41) is 9.05. The predicted molar refractivity (Wildman–Crippen MR) is 66.5 cm³/mol. The van der Waals surface area contributed by atoms with E-state index in [1.54, 1.807) is 6.92 Å². The molecule has 8 heteroatoms. The highest BCUT2D eigenvalue weighted by Crippen LogP contribution is 2.25. The number of hydrogen-bond donors (Lipinski definition) is 1. The van der Waals surface area contributed by atoms with Crippen molar-refractivity contribution in [3.8, 4) is 0 Å². The van der Waals surface area contributed by atoms with Crippen LogP contribution in [0.2, 0.25) is 0 Å². The number of sulfonamides is 1. The molecule has 0 aliphatic carbocycles. The third-order valence-electron chi connectivity index (χ3n) is 3.13. The molecule has 1 heterocycles. The lowest BCUT2D eigenvalue weighted by Gasteiger charge is -2.36. The minimum atomic E-state index is -4.18. The highest BCUT2D eigenvalue weighted by atomic mass is 32.2. The van der Waals surface area contributed by atoms with Crippen molar-refractivity contribution < 1.29 is 27.0 Å². The summed E-state index contributed by atoms with van der Waals surface area (Å²) in [5.74, 6) is -1.84. The molecule has 0 aromatic heterocycles. The Labute approximate surface area is 115 Å². The van der Waals surface area contributed by atoms with Gasteiger partial charge in [0.15, 0.2) is 0 Å². The van der Waals surface area contributed by atoms with Gasteiger partial charge in [-0.05, 0) is 25.1 Å². The molecule has 20 heavy (non-hydrogen) atoms. The summed E-state index contributed by atoms with van der Waals surface area (Å²) in [6.45, 7) is 1.24. The van der Waals surface area contributed by atoms with Crippen molar-refractivity contribution in [2.75, 3.05) is 19.8 Å². The Morgan fingerprint density at radius 1 is 1.45 bits per heavy atom. The molecular weight excluding hydrogens is 292 g/mol. The summed E-state index contributed by atoms with van der Waals surface area (Å²) in [4.78, 5) is -0.706. The topological polar surface area (TPSA) is 66.8 Å². The zero-order valence-corrected chi connectivity index (χ0v) is 11.6. The van der Waals surface area contributed by atoms with Gasteiger partial charge < -0.3 is 9.84 Å².